The normalized spacial score (nSPS) is 21.9. The van der Waals surface area contributed by atoms with E-state index >= 15 is 0 Å². The minimum Gasteiger partial charge on any atom is -0.352 e. The number of nitrogens with two attached hydrogens (primary N) is 1. The molecule has 0 aliphatic heterocycles. The third-order valence-electron chi connectivity index (χ3n) is 3.33. The summed E-state index contributed by atoms with van der Waals surface area (Å²) < 4.78 is 0. The molecule has 0 aromatic rings. The first-order valence-corrected chi connectivity index (χ1v) is 6.10. The van der Waals surface area contributed by atoms with Crippen molar-refractivity contribution in [1.82, 2.24) is 5.32 Å². The van der Waals surface area contributed by atoms with E-state index in [1.165, 1.54) is 12.8 Å². The number of rotatable bonds is 6. The topological polar surface area (TPSA) is 55.1 Å². The molecule has 0 bridgehead atoms. The molecule has 0 spiro atoms. The predicted octanol–water partition coefficient (Wildman–Crippen LogP) is 1.66. The van der Waals surface area contributed by atoms with Crippen molar-refractivity contribution >= 4 is 5.91 Å². The molecule has 0 radical (unpaired) electrons. The Kier molecular flexibility index (Phi) is 4.58. The van der Waals surface area contributed by atoms with Crippen molar-refractivity contribution < 1.29 is 4.79 Å². The molecule has 3 atom stereocenters. The summed E-state index contributed by atoms with van der Waals surface area (Å²) in [5.74, 6) is 1.12. The van der Waals surface area contributed by atoms with Crippen LogP contribution in [0.25, 0.3) is 0 Å². The van der Waals surface area contributed by atoms with Crippen LogP contribution in [0, 0.1) is 11.8 Å². The molecule has 1 aliphatic rings. The van der Waals surface area contributed by atoms with Crippen LogP contribution >= 0.6 is 0 Å². The lowest BCUT2D eigenvalue weighted by molar-refractivity contribution is -0.124. The maximum Gasteiger partial charge on any atom is 0.237 e. The third kappa shape index (κ3) is 4.20. The molecule has 0 heterocycles. The van der Waals surface area contributed by atoms with Crippen LogP contribution in [0.4, 0.5) is 0 Å². The number of hydrogen-bond acceptors (Lipinski definition) is 2. The van der Waals surface area contributed by atoms with Gasteiger partial charge in [-0.2, -0.15) is 0 Å². The van der Waals surface area contributed by atoms with Crippen molar-refractivity contribution in [2.24, 2.45) is 17.6 Å². The average Bonchev–Trinajstić information content (AvgIpc) is 2.98. The van der Waals surface area contributed by atoms with Crippen LogP contribution in [-0.4, -0.2) is 18.0 Å². The van der Waals surface area contributed by atoms with Gasteiger partial charge in [0.15, 0.2) is 0 Å². The van der Waals surface area contributed by atoms with E-state index in [9.17, 15) is 4.79 Å². The monoisotopic (exact) mass is 212 g/mol. The fourth-order valence-electron chi connectivity index (χ4n) is 1.76. The zero-order chi connectivity index (χ0) is 11.4. The smallest absolute Gasteiger partial charge is 0.237 e. The molecule has 1 aliphatic carbocycles. The number of carbonyl (C=O) groups excluding carboxylic acids is 1. The number of carbonyl (C=O) groups is 1. The average molecular weight is 212 g/mol. The molecule has 1 rings (SSSR count). The second-order valence-electron chi connectivity index (χ2n) is 5.00. The van der Waals surface area contributed by atoms with E-state index in [0.29, 0.717) is 0 Å². The molecule has 0 aromatic heterocycles. The van der Waals surface area contributed by atoms with Gasteiger partial charge < -0.3 is 11.1 Å². The summed E-state index contributed by atoms with van der Waals surface area (Å²) in [7, 11) is 0. The summed E-state index contributed by atoms with van der Waals surface area (Å²) in [6.07, 6.45) is 4.72. The van der Waals surface area contributed by atoms with E-state index in [2.05, 4.69) is 19.2 Å². The van der Waals surface area contributed by atoms with Gasteiger partial charge in [-0.1, -0.05) is 33.1 Å². The lowest BCUT2D eigenvalue weighted by Crippen LogP contribution is -2.47. The number of hydrogen-bond donors (Lipinski definition) is 2. The van der Waals surface area contributed by atoms with Crippen LogP contribution in [0.2, 0.25) is 0 Å². The Morgan fingerprint density at radius 3 is 2.53 bits per heavy atom. The minimum absolute atomic E-state index is 0.0116. The largest absolute Gasteiger partial charge is 0.352 e. The van der Waals surface area contributed by atoms with Gasteiger partial charge in [-0.3, -0.25) is 4.79 Å². The van der Waals surface area contributed by atoms with E-state index in [0.717, 1.165) is 18.8 Å². The lowest BCUT2D eigenvalue weighted by atomic mass is 9.99. The van der Waals surface area contributed by atoms with Gasteiger partial charge in [0.05, 0.1) is 6.04 Å². The Morgan fingerprint density at radius 2 is 2.07 bits per heavy atom. The maximum atomic E-state index is 11.7. The van der Waals surface area contributed by atoms with E-state index in [1.807, 2.05) is 6.92 Å². The second-order valence-corrected chi connectivity index (χ2v) is 5.00. The van der Waals surface area contributed by atoms with Crippen molar-refractivity contribution in [3.8, 4) is 0 Å². The van der Waals surface area contributed by atoms with Gasteiger partial charge in [0, 0.05) is 6.04 Å². The van der Waals surface area contributed by atoms with Crippen molar-refractivity contribution in [3.05, 3.63) is 0 Å². The Labute approximate surface area is 92.8 Å². The quantitative estimate of drug-likeness (QED) is 0.703. The van der Waals surface area contributed by atoms with Crippen LogP contribution in [0.3, 0.4) is 0 Å². The molecule has 3 N–H and O–H groups in total. The molecule has 0 saturated heterocycles. The fraction of sp³-hybridized carbons (Fsp3) is 0.917. The van der Waals surface area contributed by atoms with Crippen molar-refractivity contribution in [2.45, 2.75) is 58.5 Å². The molecule has 1 amide bonds. The highest BCUT2D eigenvalue weighted by molar-refractivity contribution is 5.82. The predicted molar refractivity (Wildman–Crippen MR) is 62.4 cm³/mol. The molecule has 88 valence electrons. The molecular formula is C12H24N2O. The zero-order valence-corrected chi connectivity index (χ0v) is 10.1. The molecular weight excluding hydrogens is 188 g/mol. The van der Waals surface area contributed by atoms with Crippen molar-refractivity contribution in [2.75, 3.05) is 0 Å². The van der Waals surface area contributed by atoms with Gasteiger partial charge in [0.25, 0.3) is 0 Å². The molecule has 3 unspecified atom stereocenters. The molecule has 1 saturated carbocycles. The first kappa shape index (κ1) is 12.5. The Hall–Kier alpha value is -0.570. The summed E-state index contributed by atoms with van der Waals surface area (Å²) in [5, 5.41) is 3.00. The fourth-order valence-corrected chi connectivity index (χ4v) is 1.76. The summed E-state index contributed by atoms with van der Waals surface area (Å²) in [4.78, 5) is 11.7. The third-order valence-corrected chi connectivity index (χ3v) is 3.33. The molecule has 3 heteroatoms. The van der Waals surface area contributed by atoms with Gasteiger partial charge >= 0.3 is 0 Å². The Morgan fingerprint density at radius 1 is 1.47 bits per heavy atom. The van der Waals surface area contributed by atoms with Crippen LogP contribution in [-0.2, 0) is 4.79 Å². The van der Waals surface area contributed by atoms with E-state index in [1.54, 1.807) is 0 Å². The van der Waals surface area contributed by atoms with Gasteiger partial charge in [-0.15, -0.1) is 0 Å². The van der Waals surface area contributed by atoms with Crippen LogP contribution in [0.5, 0.6) is 0 Å². The van der Waals surface area contributed by atoms with Crippen molar-refractivity contribution in [1.29, 1.82) is 0 Å². The van der Waals surface area contributed by atoms with Gasteiger partial charge in [-0.05, 0) is 25.2 Å². The summed E-state index contributed by atoms with van der Waals surface area (Å²) in [5.41, 5.74) is 5.85. The minimum atomic E-state index is -0.350. The Bertz CT molecular complexity index is 214. The first-order valence-electron chi connectivity index (χ1n) is 6.10. The number of amides is 1. The van der Waals surface area contributed by atoms with E-state index < -0.39 is 0 Å². The van der Waals surface area contributed by atoms with Crippen LogP contribution in [0.1, 0.15) is 46.5 Å². The van der Waals surface area contributed by atoms with Crippen LogP contribution in [0.15, 0.2) is 0 Å². The molecule has 0 aromatic carbocycles. The summed E-state index contributed by atoms with van der Waals surface area (Å²) in [6, 6.07) is -0.0724. The standard InChI is InChI=1S/C12H24N2O/c1-4-8(2)11(13)12(15)14-9(3)7-10-5-6-10/h8-11H,4-7,13H2,1-3H3,(H,14,15). The van der Waals surface area contributed by atoms with Gasteiger partial charge in [0.2, 0.25) is 5.91 Å². The molecule has 1 fully saturated rings. The highest BCUT2D eigenvalue weighted by Gasteiger charge is 2.26. The SMILES string of the molecule is CCC(C)C(N)C(=O)NC(C)CC1CC1. The zero-order valence-electron chi connectivity index (χ0n) is 10.1. The van der Waals surface area contributed by atoms with E-state index in [-0.39, 0.29) is 23.9 Å². The molecule has 3 nitrogen and oxygen atoms in total. The summed E-state index contributed by atoms with van der Waals surface area (Å²) in [6.45, 7) is 6.15. The molecule has 15 heavy (non-hydrogen) atoms. The van der Waals surface area contributed by atoms with E-state index in [4.69, 9.17) is 5.73 Å². The maximum absolute atomic E-state index is 11.7. The highest BCUT2D eigenvalue weighted by atomic mass is 16.2. The van der Waals surface area contributed by atoms with Gasteiger partial charge in [-0.25, -0.2) is 0 Å². The summed E-state index contributed by atoms with van der Waals surface area (Å²) >= 11 is 0. The highest BCUT2D eigenvalue weighted by Crippen LogP contribution is 2.33. The Balaban J connectivity index is 2.26. The first-order chi connectivity index (χ1) is 7.04. The number of nitrogens with one attached hydrogen (secondary N) is 1. The second kappa shape index (κ2) is 5.50. The van der Waals surface area contributed by atoms with Gasteiger partial charge in [0.1, 0.15) is 0 Å². The van der Waals surface area contributed by atoms with Crippen LogP contribution < -0.4 is 11.1 Å². The lowest BCUT2D eigenvalue weighted by Gasteiger charge is -2.21. The van der Waals surface area contributed by atoms with Crippen molar-refractivity contribution in [3.63, 3.8) is 0 Å².